The molecule has 0 saturated carbocycles. The number of hydrogen-bond donors (Lipinski definition) is 1. The van der Waals surface area contributed by atoms with Crippen molar-refractivity contribution in [3.05, 3.63) is 64.3 Å². The van der Waals surface area contributed by atoms with Crippen molar-refractivity contribution in [3.63, 3.8) is 0 Å². The van der Waals surface area contributed by atoms with Crippen LogP contribution in [0.15, 0.2) is 54.2 Å². The summed E-state index contributed by atoms with van der Waals surface area (Å²) < 4.78 is 0. The Balaban J connectivity index is 2.01. The van der Waals surface area contributed by atoms with Gasteiger partial charge in [0.05, 0.1) is 0 Å². The number of anilines is 1. The van der Waals surface area contributed by atoms with Crippen LogP contribution in [-0.4, -0.2) is 5.78 Å². The molecular weight excluding hydrogens is 341 g/mol. The number of hydrogen-bond acceptors (Lipinski definition) is 2. The van der Waals surface area contributed by atoms with Crippen molar-refractivity contribution in [1.29, 1.82) is 0 Å². The third kappa shape index (κ3) is 3.82. The van der Waals surface area contributed by atoms with Gasteiger partial charge in [0.15, 0.2) is 5.78 Å². The molecule has 0 unspecified atom stereocenters. The van der Waals surface area contributed by atoms with E-state index in [4.69, 9.17) is 23.2 Å². The van der Waals surface area contributed by atoms with Crippen LogP contribution in [0.5, 0.6) is 0 Å². The Bertz CT molecular complexity index is 824. The van der Waals surface area contributed by atoms with Crippen molar-refractivity contribution < 1.29 is 4.79 Å². The molecule has 2 nitrogen and oxygen atoms in total. The van der Waals surface area contributed by atoms with Gasteiger partial charge in [-0.15, -0.1) is 0 Å². The van der Waals surface area contributed by atoms with E-state index in [9.17, 15) is 4.79 Å². The zero-order valence-electron chi connectivity index (χ0n) is 13.7. The van der Waals surface area contributed by atoms with E-state index in [0.29, 0.717) is 16.5 Å². The van der Waals surface area contributed by atoms with Crippen molar-refractivity contribution >= 4 is 34.7 Å². The standard InChI is InChI=1S/C20H19Cl2NO/c1-20(2)11-14(10-15(24)12-20)23-19-8-7-13(21)9-17(19)16-5-3-4-6-18(16)22/h3-10,23H,11-12H2,1-2H3. The predicted molar refractivity (Wildman–Crippen MR) is 102 cm³/mol. The topological polar surface area (TPSA) is 29.1 Å². The van der Waals surface area contributed by atoms with Gasteiger partial charge in [-0.2, -0.15) is 0 Å². The molecule has 0 aromatic heterocycles. The van der Waals surface area contributed by atoms with Gasteiger partial charge in [0, 0.05) is 45.1 Å². The van der Waals surface area contributed by atoms with Gasteiger partial charge in [-0.05, 0) is 36.1 Å². The van der Waals surface area contributed by atoms with Crippen LogP contribution >= 0.6 is 23.2 Å². The van der Waals surface area contributed by atoms with Crippen molar-refractivity contribution in [1.82, 2.24) is 0 Å². The summed E-state index contributed by atoms with van der Waals surface area (Å²) >= 11 is 12.5. The van der Waals surface area contributed by atoms with Crippen molar-refractivity contribution in [2.45, 2.75) is 26.7 Å². The van der Waals surface area contributed by atoms with Crippen LogP contribution in [0.3, 0.4) is 0 Å². The van der Waals surface area contributed by atoms with Crippen molar-refractivity contribution in [2.24, 2.45) is 5.41 Å². The number of carbonyl (C=O) groups excluding carboxylic acids is 1. The van der Waals surface area contributed by atoms with E-state index in [2.05, 4.69) is 19.2 Å². The summed E-state index contributed by atoms with van der Waals surface area (Å²) in [5.41, 5.74) is 3.61. The van der Waals surface area contributed by atoms with Crippen LogP contribution in [-0.2, 0) is 4.79 Å². The summed E-state index contributed by atoms with van der Waals surface area (Å²) in [5, 5.41) is 4.72. The lowest BCUT2D eigenvalue weighted by atomic mass is 9.79. The van der Waals surface area contributed by atoms with Gasteiger partial charge < -0.3 is 5.32 Å². The quantitative estimate of drug-likeness (QED) is 0.691. The molecule has 124 valence electrons. The van der Waals surface area contributed by atoms with Gasteiger partial charge in [-0.1, -0.05) is 55.2 Å². The van der Waals surface area contributed by atoms with Gasteiger partial charge >= 0.3 is 0 Å². The van der Waals surface area contributed by atoms with E-state index in [1.165, 1.54) is 0 Å². The molecule has 0 radical (unpaired) electrons. The highest BCUT2D eigenvalue weighted by atomic mass is 35.5. The Kier molecular flexibility index (Phi) is 4.71. The minimum atomic E-state index is -0.0366. The Morgan fingerprint density at radius 3 is 2.46 bits per heavy atom. The minimum absolute atomic E-state index is 0.0366. The molecule has 0 heterocycles. The zero-order chi connectivity index (χ0) is 17.3. The number of halogens is 2. The molecule has 3 rings (SSSR count). The highest BCUT2D eigenvalue weighted by Crippen LogP contribution is 2.38. The fourth-order valence-corrected chi connectivity index (χ4v) is 3.54. The third-order valence-corrected chi connectivity index (χ3v) is 4.66. The molecule has 24 heavy (non-hydrogen) atoms. The number of nitrogens with one attached hydrogen (secondary N) is 1. The van der Waals surface area contributed by atoms with E-state index >= 15 is 0 Å². The normalized spacial score (nSPS) is 16.7. The van der Waals surface area contributed by atoms with Crippen LogP contribution in [0, 0.1) is 5.41 Å². The fourth-order valence-electron chi connectivity index (χ4n) is 3.13. The molecule has 1 aliphatic rings. The first-order chi connectivity index (χ1) is 11.3. The molecule has 0 amide bonds. The SMILES string of the molecule is CC1(C)CC(=O)C=C(Nc2ccc(Cl)cc2-c2ccccc2Cl)C1. The smallest absolute Gasteiger partial charge is 0.157 e. The number of rotatable bonds is 3. The highest BCUT2D eigenvalue weighted by Gasteiger charge is 2.27. The van der Waals surface area contributed by atoms with Crippen LogP contribution < -0.4 is 5.32 Å². The molecule has 0 spiro atoms. The van der Waals surface area contributed by atoms with Crippen LogP contribution in [0.25, 0.3) is 11.1 Å². The minimum Gasteiger partial charge on any atom is -0.358 e. The molecule has 2 aromatic rings. The molecule has 0 bridgehead atoms. The van der Waals surface area contributed by atoms with Gasteiger partial charge in [0.25, 0.3) is 0 Å². The maximum absolute atomic E-state index is 12.0. The largest absolute Gasteiger partial charge is 0.358 e. The fraction of sp³-hybridized carbons (Fsp3) is 0.250. The Labute approximate surface area is 152 Å². The van der Waals surface area contributed by atoms with Gasteiger partial charge in [0.1, 0.15) is 0 Å². The second kappa shape index (κ2) is 6.62. The van der Waals surface area contributed by atoms with E-state index in [-0.39, 0.29) is 11.2 Å². The third-order valence-electron chi connectivity index (χ3n) is 4.10. The first-order valence-electron chi connectivity index (χ1n) is 7.89. The predicted octanol–water partition coefficient (Wildman–Crippen LogP) is 6.35. The Morgan fingerprint density at radius 2 is 1.75 bits per heavy atom. The molecule has 1 N–H and O–H groups in total. The summed E-state index contributed by atoms with van der Waals surface area (Å²) in [6.45, 7) is 4.22. The zero-order valence-corrected chi connectivity index (χ0v) is 15.2. The van der Waals surface area contributed by atoms with E-state index < -0.39 is 0 Å². The molecule has 1 aliphatic carbocycles. The Morgan fingerprint density at radius 1 is 1.00 bits per heavy atom. The lowest BCUT2D eigenvalue weighted by Crippen LogP contribution is -2.24. The molecule has 0 saturated heterocycles. The number of ketones is 1. The average Bonchev–Trinajstić information content (AvgIpc) is 2.47. The van der Waals surface area contributed by atoms with E-state index in [1.807, 2.05) is 42.5 Å². The van der Waals surface area contributed by atoms with Crippen molar-refractivity contribution in [2.75, 3.05) is 5.32 Å². The lowest BCUT2D eigenvalue weighted by Gasteiger charge is -2.29. The van der Waals surface area contributed by atoms with Crippen LogP contribution in [0.4, 0.5) is 5.69 Å². The van der Waals surface area contributed by atoms with Gasteiger partial charge in [-0.25, -0.2) is 0 Å². The molecule has 4 heteroatoms. The monoisotopic (exact) mass is 359 g/mol. The summed E-state index contributed by atoms with van der Waals surface area (Å²) in [5.74, 6) is 0.155. The lowest BCUT2D eigenvalue weighted by molar-refractivity contribution is -0.117. The molecule has 0 fully saturated rings. The molecule has 0 aliphatic heterocycles. The summed E-state index contributed by atoms with van der Waals surface area (Å²) in [6.07, 6.45) is 3.11. The second-order valence-electron chi connectivity index (χ2n) is 6.95. The number of benzene rings is 2. The summed E-state index contributed by atoms with van der Waals surface area (Å²) in [6, 6.07) is 13.3. The second-order valence-corrected chi connectivity index (χ2v) is 7.79. The van der Waals surface area contributed by atoms with Crippen LogP contribution in [0.1, 0.15) is 26.7 Å². The highest BCUT2D eigenvalue weighted by molar-refractivity contribution is 6.34. The number of carbonyl (C=O) groups is 1. The van der Waals surface area contributed by atoms with Gasteiger partial charge in [0.2, 0.25) is 0 Å². The Hall–Kier alpha value is -1.77. The molecule has 0 atom stereocenters. The maximum Gasteiger partial charge on any atom is 0.157 e. The van der Waals surface area contributed by atoms with E-state index in [0.717, 1.165) is 28.9 Å². The maximum atomic E-state index is 12.0. The molecule has 2 aromatic carbocycles. The number of allylic oxidation sites excluding steroid dienone is 2. The first kappa shape index (κ1) is 17.1. The van der Waals surface area contributed by atoms with Gasteiger partial charge in [-0.3, -0.25) is 4.79 Å². The van der Waals surface area contributed by atoms with Crippen molar-refractivity contribution in [3.8, 4) is 11.1 Å². The first-order valence-corrected chi connectivity index (χ1v) is 8.64. The molecular formula is C20H19Cl2NO. The summed E-state index contributed by atoms with van der Waals surface area (Å²) in [7, 11) is 0. The average molecular weight is 360 g/mol. The summed E-state index contributed by atoms with van der Waals surface area (Å²) in [4.78, 5) is 12.0. The van der Waals surface area contributed by atoms with E-state index in [1.54, 1.807) is 6.08 Å². The van der Waals surface area contributed by atoms with Crippen LogP contribution in [0.2, 0.25) is 10.0 Å².